The van der Waals surface area contributed by atoms with E-state index in [0.717, 1.165) is 89.0 Å². The average molecular weight is 662 g/mol. The first kappa shape index (κ1) is 32.4. The predicted molar refractivity (Wildman–Crippen MR) is 191 cm³/mol. The van der Waals surface area contributed by atoms with Gasteiger partial charge in [-0.2, -0.15) is 0 Å². The molecule has 1 fully saturated rings. The summed E-state index contributed by atoms with van der Waals surface area (Å²) in [5.41, 5.74) is 6.89. The summed E-state index contributed by atoms with van der Waals surface area (Å²) in [6, 6.07) is 11.9. The molecule has 4 heterocycles. The number of benzene rings is 2. The van der Waals surface area contributed by atoms with E-state index in [0.29, 0.717) is 28.8 Å². The van der Waals surface area contributed by atoms with Crippen LogP contribution in [-0.2, 0) is 6.42 Å². The molecule has 0 radical (unpaired) electrons. The Bertz CT molecular complexity index is 2030. The van der Waals surface area contributed by atoms with Gasteiger partial charge in [0.05, 0.1) is 44.4 Å². The van der Waals surface area contributed by atoms with Crippen molar-refractivity contribution < 1.29 is 19.0 Å². The van der Waals surface area contributed by atoms with Gasteiger partial charge in [-0.15, -0.1) is 0 Å². The topological polar surface area (TPSA) is 127 Å². The third-order valence-electron chi connectivity index (χ3n) is 10.0. The highest BCUT2D eigenvalue weighted by Crippen LogP contribution is 2.46. The molecule has 0 spiro atoms. The summed E-state index contributed by atoms with van der Waals surface area (Å²) in [6.45, 7) is 8.35. The smallest absolute Gasteiger partial charge is 0.252 e. The molecule has 1 atom stereocenters. The van der Waals surface area contributed by atoms with Crippen LogP contribution in [0.25, 0.3) is 33.7 Å². The van der Waals surface area contributed by atoms with E-state index in [-0.39, 0.29) is 17.4 Å². The van der Waals surface area contributed by atoms with Gasteiger partial charge < -0.3 is 29.4 Å². The van der Waals surface area contributed by atoms with Gasteiger partial charge in [-0.3, -0.25) is 4.79 Å². The van der Waals surface area contributed by atoms with Crippen molar-refractivity contribution in [1.29, 1.82) is 0 Å². The molecule has 7 rings (SSSR count). The van der Waals surface area contributed by atoms with Gasteiger partial charge in [0, 0.05) is 24.5 Å². The fourth-order valence-electron chi connectivity index (χ4n) is 7.27. The number of amides is 1. The second-order valence-corrected chi connectivity index (χ2v) is 14.0. The Morgan fingerprint density at radius 1 is 0.980 bits per heavy atom. The fourth-order valence-corrected chi connectivity index (χ4v) is 7.27. The normalized spacial score (nSPS) is 17.7. The second kappa shape index (κ2) is 13.0. The van der Waals surface area contributed by atoms with E-state index in [9.17, 15) is 4.79 Å². The van der Waals surface area contributed by atoms with Crippen molar-refractivity contribution in [3.05, 3.63) is 71.4 Å². The number of nitrogens with one attached hydrogen (secondary N) is 2. The first-order valence-electron chi connectivity index (χ1n) is 16.8. The molecule has 1 unspecified atom stereocenters. The van der Waals surface area contributed by atoms with Gasteiger partial charge in [-0.1, -0.05) is 39.0 Å². The standard InChI is InChI=1S/C38H43N7O4/c1-38(2,3)24-18-23(15-22-16-29(47-4)34(49-6)30(17-22)48-5)32-27(19-24)31(26-9-7-8-10-28(26)44-32)37(46)43-25-11-13-45(14-12-25)36-33-35(40-20-39-33)41-21-42-36/h7-10,15-17,20-21,24-25H,11-14,18-19H2,1-6H3,(H,43,46)(H,39,40,41,42)/b23-15-. The highest BCUT2D eigenvalue weighted by molar-refractivity contribution is 6.09. The lowest BCUT2D eigenvalue weighted by atomic mass is 9.69. The number of nitrogens with zero attached hydrogens (tertiary/aromatic N) is 5. The lowest BCUT2D eigenvalue weighted by molar-refractivity contribution is 0.0930. The Labute approximate surface area is 286 Å². The maximum Gasteiger partial charge on any atom is 0.252 e. The van der Waals surface area contributed by atoms with Crippen LogP contribution in [0.15, 0.2) is 49.1 Å². The van der Waals surface area contributed by atoms with Crippen molar-refractivity contribution in [3.8, 4) is 17.2 Å². The van der Waals surface area contributed by atoms with Gasteiger partial charge in [0.15, 0.2) is 23.0 Å². The number of imidazole rings is 1. The summed E-state index contributed by atoms with van der Waals surface area (Å²) >= 11 is 0. The summed E-state index contributed by atoms with van der Waals surface area (Å²) in [6.07, 6.45) is 8.54. The molecule has 1 aliphatic heterocycles. The molecule has 1 saturated heterocycles. The summed E-state index contributed by atoms with van der Waals surface area (Å²) in [5.74, 6) is 2.81. The van der Waals surface area contributed by atoms with Gasteiger partial charge in [0.1, 0.15) is 11.8 Å². The molecule has 49 heavy (non-hydrogen) atoms. The number of pyridine rings is 1. The third kappa shape index (κ3) is 6.13. The molecule has 2 aliphatic rings. The number of carbonyl (C=O) groups is 1. The van der Waals surface area contributed by atoms with Gasteiger partial charge in [-0.25, -0.2) is 19.9 Å². The highest BCUT2D eigenvalue weighted by Gasteiger charge is 2.36. The Balaban J connectivity index is 1.25. The van der Waals surface area contributed by atoms with Gasteiger partial charge in [-0.05, 0) is 78.0 Å². The zero-order valence-electron chi connectivity index (χ0n) is 29.0. The maximum absolute atomic E-state index is 14.5. The molecule has 1 amide bonds. The number of anilines is 1. The van der Waals surface area contributed by atoms with Gasteiger partial charge >= 0.3 is 0 Å². The lowest BCUT2D eigenvalue weighted by Gasteiger charge is -2.37. The number of hydrogen-bond donors (Lipinski definition) is 2. The number of fused-ring (bicyclic) bond motifs is 3. The number of aromatic amines is 1. The van der Waals surface area contributed by atoms with Crippen molar-refractivity contribution >= 4 is 45.4 Å². The van der Waals surface area contributed by atoms with Crippen LogP contribution >= 0.6 is 0 Å². The van der Waals surface area contributed by atoms with Crippen molar-refractivity contribution in [1.82, 2.24) is 30.2 Å². The minimum Gasteiger partial charge on any atom is -0.493 e. The van der Waals surface area contributed by atoms with E-state index in [1.807, 2.05) is 36.4 Å². The lowest BCUT2D eigenvalue weighted by Crippen LogP contribution is -2.45. The molecule has 2 N–H and O–H groups in total. The SMILES string of the molecule is COc1cc(/C=C2/CC(C(C)(C)C)Cc3c2nc2ccccc2c3C(=O)NC2CCN(c3ncnc4nc[nH]c34)CC2)cc(OC)c1OC. The predicted octanol–water partition coefficient (Wildman–Crippen LogP) is 6.47. The number of piperidine rings is 1. The monoisotopic (exact) mass is 661 g/mol. The number of para-hydroxylation sites is 1. The van der Waals surface area contributed by atoms with Crippen molar-refractivity contribution in [2.24, 2.45) is 11.3 Å². The number of aromatic nitrogens is 5. The van der Waals surface area contributed by atoms with E-state index < -0.39 is 0 Å². The summed E-state index contributed by atoms with van der Waals surface area (Å²) in [5, 5.41) is 4.31. The number of carbonyl (C=O) groups excluding carboxylic acids is 1. The van der Waals surface area contributed by atoms with Crippen LogP contribution in [0.4, 0.5) is 5.82 Å². The molecule has 0 saturated carbocycles. The zero-order valence-corrected chi connectivity index (χ0v) is 29.0. The molecule has 254 valence electrons. The minimum atomic E-state index is -0.0482. The van der Waals surface area contributed by atoms with E-state index in [1.54, 1.807) is 34.0 Å². The fraction of sp³-hybridized carbons (Fsp3) is 0.395. The van der Waals surface area contributed by atoms with Crippen LogP contribution in [0, 0.1) is 11.3 Å². The summed E-state index contributed by atoms with van der Waals surface area (Å²) < 4.78 is 16.9. The molecular formula is C38H43N7O4. The summed E-state index contributed by atoms with van der Waals surface area (Å²) in [7, 11) is 4.84. The molecule has 5 aromatic rings. The zero-order chi connectivity index (χ0) is 34.3. The molecular weight excluding hydrogens is 618 g/mol. The number of allylic oxidation sites excluding steroid dienone is 1. The molecule has 1 aliphatic carbocycles. The molecule has 11 heteroatoms. The van der Waals surface area contributed by atoms with E-state index in [1.165, 1.54) is 0 Å². The summed E-state index contributed by atoms with van der Waals surface area (Å²) in [4.78, 5) is 38.2. The Morgan fingerprint density at radius 3 is 2.41 bits per heavy atom. The molecule has 3 aromatic heterocycles. The van der Waals surface area contributed by atoms with Gasteiger partial charge in [0.2, 0.25) is 5.75 Å². The van der Waals surface area contributed by atoms with Crippen LogP contribution in [-0.4, -0.2) is 71.3 Å². The number of methoxy groups -OCH3 is 3. The number of hydrogen-bond acceptors (Lipinski definition) is 9. The first-order valence-corrected chi connectivity index (χ1v) is 16.8. The van der Waals surface area contributed by atoms with Crippen molar-refractivity contribution in [2.75, 3.05) is 39.3 Å². The van der Waals surface area contributed by atoms with Crippen molar-refractivity contribution in [3.63, 3.8) is 0 Å². The van der Waals surface area contributed by atoms with Crippen molar-refractivity contribution in [2.45, 2.75) is 52.5 Å². The largest absolute Gasteiger partial charge is 0.493 e. The van der Waals surface area contributed by atoms with E-state index >= 15 is 0 Å². The van der Waals surface area contributed by atoms with Crippen LogP contribution in [0.2, 0.25) is 0 Å². The van der Waals surface area contributed by atoms with Crippen LogP contribution in [0.1, 0.15) is 67.2 Å². The Morgan fingerprint density at radius 2 is 1.71 bits per heavy atom. The Kier molecular flexibility index (Phi) is 8.60. The average Bonchev–Trinajstić information content (AvgIpc) is 3.59. The Hall–Kier alpha value is -5.19. The number of rotatable bonds is 7. The van der Waals surface area contributed by atoms with Crippen LogP contribution in [0.5, 0.6) is 17.2 Å². The maximum atomic E-state index is 14.5. The number of H-pyrrole nitrogens is 1. The third-order valence-corrected chi connectivity index (χ3v) is 10.0. The highest BCUT2D eigenvalue weighted by atomic mass is 16.5. The van der Waals surface area contributed by atoms with E-state index in [4.69, 9.17) is 19.2 Å². The minimum absolute atomic E-state index is 0.000639. The quantitative estimate of drug-likeness (QED) is 0.202. The van der Waals surface area contributed by atoms with Gasteiger partial charge in [0.25, 0.3) is 5.91 Å². The van der Waals surface area contributed by atoms with E-state index in [2.05, 4.69) is 57.0 Å². The molecule has 2 aromatic carbocycles. The van der Waals surface area contributed by atoms with Crippen LogP contribution in [0.3, 0.4) is 0 Å². The first-order chi connectivity index (χ1) is 23.7. The number of ether oxygens (including phenoxy) is 3. The second-order valence-electron chi connectivity index (χ2n) is 14.0. The molecule has 0 bridgehead atoms. The molecule has 11 nitrogen and oxygen atoms in total. The van der Waals surface area contributed by atoms with Crippen LogP contribution < -0.4 is 24.4 Å².